The summed E-state index contributed by atoms with van der Waals surface area (Å²) in [6.45, 7) is 4.69. The highest BCUT2D eigenvalue weighted by molar-refractivity contribution is 6.21. The van der Waals surface area contributed by atoms with E-state index in [2.05, 4.69) is 170 Å². The van der Waals surface area contributed by atoms with Gasteiger partial charge in [0.15, 0.2) is 5.84 Å². The van der Waals surface area contributed by atoms with Crippen molar-refractivity contribution in [3.63, 3.8) is 0 Å². The minimum atomic E-state index is -0.0525. The summed E-state index contributed by atoms with van der Waals surface area (Å²) in [5.74, 6) is 2.51. The molecule has 0 saturated heterocycles. The molecule has 0 amide bonds. The summed E-state index contributed by atoms with van der Waals surface area (Å²) >= 11 is 0. The van der Waals surface area contributed by atoms with Crippen LogP contribution < -0.4 is 0 Å². The third kappa shape index (κ3) is 4.41. The Labute approximate surface area is 282 Å². The van der Waals surface area contributed by atoms with Gasteiger partial charge in [-0.2, -0.15) is 0 Å². The SMILES string of the molecule is CCC1C(n2c3ccccc3c3ccc4c(c32)-c2ccccc2[C@@H](c2ccccc2)C4C)=NC(c2ccccc2)=NC1c1ccccc1. The van der Waals surface area contributed by atoms with Crippen molar-refractivity contribution in [2.45, 2.75) is 38.1 Å². The van der Waals surface area contributed by atoms with Crippen molar-refractivity contribution in [2.24, 2.45) is 15.9 Å². The van der Waals surface area contributed by atoms with Crippen LogP contribution in [-0.2, 0) is 0 Å². The molecule has 0 spiro atoms. The lowest BCUT2D eigenvalue weighted by Gasteiger charge is -2.35. The average Bonchev–Trinajstić information content (AvgIpc) is 3.50. The van der Waals surface area contributed by atoms with Crippen LogP contribution in [0.15, 0.2) is 162 Å². The summed E-state index contributed by atoms with van der Waals surface area (Å²) in [4.78, 5) is 10.9. The number of rotatable bonds is 4. The number of hydrogen-bond donors (Lipinski definition) is 0. The fourth-order valence-corrected chi connectivity index (χ4v) is 8.44. The molecule has 0 fully saturated rings. The first-order chi connectivity index (χ1) is 23.7. The van der Waals surface area contributed by atoms with E-state index in [1.165, 1.54) is 55.2 Å². The number of amidine groups is 1. The quantitative estimate of drug-likeness (QED) is 0.188. The van der Waals surface area contributed by atoms with Crippen LogP contribution in [0.3, 0.4) is 0 Å². The van der Waals surface area contributed by atoms with Crippen molar-refractivity contribution in [2.75, 3.05) is 0 Å². The first-order valence-corrected chi connectivity index (χ1v) is 17.2. The number of hydrogen-bond acceptors (Lipinski definition) is 2. The molecular weight excluding hydrogens is 583 g/mol. The predicted octanol–water partition coefficient (Wildman–Crippen LogP) is 11.2. The first-order valence-electron chi connectivity index (χ1n) is 17.2. The van der Waals surface area contributed by atoms with Gasteiger partial charge >= 0.3 is 0 Å². The molecule has 9 rings (SSSR count). The second kappa shape index (κ2) is 11.6. The van der Waals surface area contributed by atoms with Gasteiger partial charge in [0, 0.05) is 33.7 Å². The van der Waals surface area contributed by atoms with Gasteiger partial charge in [0.1, 0.15) is 5.84 Å². The summed E-state index contributed by atoms with van der Waals surface area (Å²) in [5.41, 5.74) is 11.5. The predicted molar refractivity (Wildman–Crippen MR) is 200 cm³/mol. The van der Waals surface area contributed by atoms with Crippen molar-refractivity contribution in [3.8, 4) is 11.1 Å². The van der Waals surface area contributed by atoms with Gasteiger partial charge < -0.3 is 0 Å². The Morgan fingerprint density at radius 1 is 0.604 bits per heavy atom. The maximum atomic E-state index is 5.54. The van der Waals surface area contributed by atoms with Crippen LogP contribution >= 0.6 is 0 Å². The number of aromatic nitrogens is 1. The van der Waals surface area contributed by atoms with E-state index >= 15 is 0 Å². The van der Waals surface area contributed by atoms with Crippen LogP contribution in [-0.4, -0.2) is 16.2 Å². The van der Waals surface area contributed by atoms with E-state index in [4.69, 9.17) is 9.98 Å². The largest absolute Gasteiger partial charge is 0.296 e. The zero-order valence-corrected chi connectivity index (χ0v) is 27.3. The molecule has 1 aliphatic heterocycles. The van der Waals surface area contributed by atoms with E-state index in [0.717, 1.165) is 23.7 Å². The molecule has 4 atom stereocenters. The van der Waals surface area contributed by atoms with E-state index in [0.29, 0.717) is 5.92 Å². The second-order valence-corrected chi connectivity index (χ2v) is 13.2. The van der Waals surface area contributed by atoms with Crippen LogP contribution in [0.1, 0.15) is 66.0 Å². The molecule has 2 heterocycles. The smallest absolute Gasteiger partial charge is 0.157 e. The van der Waals surface area contributed by atoms with Gasteiger partial charge in [-0.3, -0.25) is 9.56 Å². The Morgan fingerprint density at radius 2 is 1.25 bits per heavy atom. The molecule has 2 aliphatic rings. The van der Waals surface area contributed by atoms with Crippen LogP contribution in [0.5, 0.6) is 0 Å². The third-order valence-electron chi connectivity index (χ3n) is 10.6. The van der Waals surface area contributed by atoms with Crippen molar-refractivity contribution in [1.29, 1.82) is 0 Å². The second-order valence-electron chi connectivity index (χ2n) is 13.2. The van der Waals surface area contributed by atoms with Crippen molar-refractivity contribution >= 4 is 33.5 Å². The molecule has 3 unspecified atom stereocenters. The normalized spacial score (nSPS) is 20.2. The Kier molecular flexibility index (Phi) is 6.93. The molecule has 3 heteroatoms. The summed E-state index contributed by atoms with van der Waals surface area (Å²) in [6, 6.07) is 54.9. The minimum Gasteiger partial charge on any atom is -0.296 e. The fraction of sp³-hybridized carbons (Fsp3) is 0.156. The molecule has 48 heavy (non-hydrogen) atoms. The molecule has 6 aromatic carbocycles. The summed E-state index contributed by atoms with van der Waals surface area (Å²) in [7, 11) is 0. The average molecular weight is 620 g/mol. The van der Waals surface area contributed by atoms with Crippen LogP contribution in [0.2, 0.25) is 0 Å². The van der Waals surface area contributed by atoms with E-state index in [9.17, 15) is 0 Å². The number of para-hydroxylation sites is 1. The maximum absolute atomic E-state index is 5.54. The summed E-state index contributed by atoms with van der Waals surface area (Å²) in [6.07, 6.45) is 0.913. The summed E-state index contributed by atoms with van der Waals surface area (Å²) < 4.78 is 2.51. The number of fused-ring (bicyclic) bond motifs is 7. The number of benzene rings is 6. The minimum absolute atomic E-state index is 0.0525. The van der Waals surface area contributed by atoms with E-state index < -0.39 is 0 Å². The molecule has 7 aromatic rings. The van der Waals surface area contributed by atoms with Gasteiger partial charge in [0.2, 0.25) is 0 Å². The van der Waals surface area contributed by atoms with E-state index in [1.54, 1.807) is 0 Å². The highest BCUT2D eigenvalue weighted by Crippen LogP contribution is 2.53. The van der Waals surface area contributed by atoms with Crippen LogP contribution in [0.4, 0.5) is 0 Å². The Hall–Kier alpha value is -5.54. The Morgan fingerprint density at radius 3 is 2.00 bits per heavy atom. The molecule has 1 aliphatic carbocycles. The molecule has 0 bridgehead atoms. The molecule has 0 saturated carbocycles. The Balaban J connectivity index is 1.37. The van der Waals surface area contributed by atoms with Gasteiger partial charge in [-0.1, -0.05) is 159 Å². The van der Waals surface area contributed by atoms with Crippen LogP contribution in [0, 0.1) is 5.92 Å². The van der Waals surface area contributed by atoms with Gasteiger partial charge in [-0.25, -0.2) is 4.99 Å². The van der Waals surface area contributed by atoms with Crippen molar-refractivity contribution < 1.29 is 0 Å². The number of nitrogens with zero attached hydrogens (tertiary/aromatic N) is 3. The van der Waals surface area contributed by atoms with Crippen molar-refractivity contribution in [1.82, 2.24) is 4.57 Å². The highest BCUT2D eigenvalue weighted by Gasteiger charge is 2.37. The molecule has 1 aromatic heterocycles. The topological polar surface area (TPSA) is 29.6 Å². The summed E-state index contributed by atoms with van der Waals surface area (Å²) in [5, 5.41) is 2.52. The Bertz CT molecular complexity index is 2350. The lowest BCUT2D eigenvalue weighted by Crippen LogP contribution is -2.32. The monoisotopic (exact) mass is 619 g/mol. The molecule has 0 N–H and O–H groups in total. The van der Waals surface area contributed by atoms with Crippen molar-refractivity contribution in [3.05, 3.63) is 179 Å². The molecule has 3 nitrogen and oxygen atoms in total. The first kappa shape index (κ1) is 28.7. The molecular formula is C45H37N3. The number of aliphatic imine (C=N–C) groups is 2. The van der Waals surface area contributed by atoms with Gasteiger partial charge in [0.25, 0.3) is 0 Å². The molecule has 0 radical (unpaired) electrons. The van der Waals surface area contributed by atoms with E-state index in [1.807, 2.05) is 0 Å². The third-order valence-corrected chi connectivity index (χ3v) is 10.6. The van der Waals surface area contributed by atoms with Crippen LogP contribution in [0.25, 0.3) is 32.9 Å². The van der Waals surface area contributed by atoms with Gasteiger partial charge in [-0.05, 0) is 46.2 Å². The molecule has 232 valence electrons. The highest BCUT2D eigenvalue weighted by atomic mass is 15.1. The standard InChI is InChI=1S/C45H37N3/c1-3-33-42(31-19-9-5-10-20-31)46-44(32-21-11-6-12-22-32)47-45(33)48-39-26-16-15-23-35(39)38-28-27-34-29(2)40(30-17-7-4-8-18-30)36-24-13-14-25-37(36)41(34)43(38)48/h4-29,33,40,42H,3H2,1-2H3/t29?,33?,40-,42?/m1/s1. The van der Waals surface area contributed by atoms with E-state index in [-0.39, 0.29) is 17.9 Å². The lowest BCUT2D eigenvalue weighted by molar-refractivity contribution is 0.522. The zero-order valence-electron chi connectivity index (χ0n) is 27.3. The maximum Gasteiger partial charge on any atom is 0.157 e. The lowest BCUT2D eigenvalue weighted by atomic mass is 9.69. The van der Waals surface area contributed by atoms with Gasteiger partial charge in [0.05, 0.1) is 17.1 Å². The zero-order chi connectivity index (χ0) is 32.2. The fourth-order valence-electron chi connectivity index (χ4n) is 8.44. The van der Waals surface area contributed by atoms with Gasteiger partial charge in [-0.15, -0.1) is 0 Å².